The van der Waals surface area contributed by atoms with Gasteiger partial charge in [0.05, 0.1) is 6.42 Å². The summed E-state index contributed by atoms with van der Waals surface area (Å²) in [5.41, 5.74) is 2.77. The van der Waals surface area contributed by atoms with E-state index in [1.807, 2.05) is 18.7 Å². The van der Waals surface area contributed by atoms with Crippen LogP contribution in [-0.2, 0) is 22.4 Å². The molecule has 1 aromatic rings. The molecule has 0 saturated heterocycles. The molecule has 1 unspecified atom stereocenters. The Bertz CT molecular complexity index is 810. The standard InChI is InChI=1S/C42H76O3S/c1-5-8-11-14-17-18-19-22-25-28-34-46-35-33-42(43)44-37-38(4)45-41-32-31-39(29-26-23-20-15-12-9-6-2)36-40(41)30-27-24-21-16-13-10-7-3/h31-32,36,38H,5-30,33-35,37H2,1-4H3. The molecule has 0 bridgehead atoms. The lowest BCUT2D eigenvalue weighted by molar-refractivity contribution is -0.145. The molecule has 0 aliphatic rings. The maximum absolute atomic E-state index is 12.4. The van der Waals surface area contributed by atoms with Gasteiger partial charge in [0.25, 0.3) is 0 Å². The first-order valence-electron chi connectivity index (χ1n) is 20.1. The third kappa shape index (κ3) is 25.9. The molecule has 1 rings (SSSR count). The summed E-state index contributed by atoms with van der Waals surface area (Å²) in [6.45, 7) is 9.19. The second-order valence-electron chi connectivity index (χ2n) is 13.8. The van der Waals surface area contributed by atoms with Crippen LogP contribution in [-0.4, -0.2) is 30.2 Å². The highest BCUT2D eigenvalue weighted by Gasteiger charge is 2.13. The summed E-state index contributed by atoms with van der Waals surface area (Å²) in [6, 6.07) is 6.83. The van der Waals surface area contributed by atoms with Gasteiger partial charge in [-0.15, -0.1) is 0 Å². The van der Waals surface area contributed by atoms with Gasteiger partial charge in [-0.2, -0.15) is 11.8 Å². The summed E-state index contributed by atoms with van der Waals surface area (Å²) in [6.07, 6.45) is 34.9. The van der Waals surface area contributed by atoms with Crippen LogP contribution in [0.5, 0.6) is 5.75 Å². The Labute approximate surface area is 291 Å². The number of aryl methyl sites for hydroxylation is 2. The molecule has 0 saturated carbocycles. The Morgan fingerprint density at radius 1 is 0.609 bits per heavy atom. The Hall–Kier alpha value is -1.16. The fraction of sp³-hybridized carbons (Fsp3) is 0.833. The molecule has 46 heavy (non-hydrogen) atoms. The minimum atomic E-state index is -0.148. The third-order valence-corrected chi connectivity index (χ3v) is 10.2. The fourth-order valence-corrected chi connectivity index (χ4v) is 7.06. The molecule has 0 aromatic heterocycles. The van der Waals surface area contributed by atoms with Crippen molar-refractivity contribution in [1.82, 2.24) is 0 Å². The third-order valence-electron chi connectivity index (χ3n) is 9.14. The molecule has 0 amide bonds. The molecule has 0 N–H and O–H groups in total. The summed E-state index contributed by atoms with van der Waals surface area (Å²) in [5, 5.41) is 0. The number of hydrogen-bond acceptors (Lipinski definition) is 4. The first-order valence-corrected chi connectivity index (χ1v) is 21.3. The smallest absolute Gasteiger partial charge is 0.306 e. The Balaban J connectivity index is 2.34. The van der Waals surface area contributed by atoms with Crippen molar-refractivity contribution in [3.05, 3.63) is 29.3 Å². The van der Waals surface area contributed by atoms with Crippen LogP contribution in [0.4, 0.5) is 0 Å². The van der Waals surface area contributed by atoms with Gasteiger partial charge in [-0.1, -0.05) is 168 Å². The highest BCUT2D eigenvalue weighted by molar-refractivity contribution is 7.99. The van der Waals surface area contributed by atoms with Crippen LogP contribution in [0, 0.1) is 0 Å². The molecule has 4 heteroatoms. The van der Waals surface area contributed by atoms with E-state index < -0.39 is 0 Å². The zero-order valence-corrected chi connectivity index (χ0v) is 32.0. The van der Waals surface area contributed by atoms with E-state index in [1.54, 1.807) is 0 Å². The highest BCUT2D eigenvalue weighted by atomic mass is 32.2. The lowest BCUT2D eigenvalue weighted by Gasteiger charge is -2.19. The summed E-state index contributed by atoms with van der Waals surface area (Å²) in [7, 11) is 0. The van der Waals surface area contributed by atoms with Gasteiger partial charge in [-0.05, 0) is 62.0 Å². The van der Waals surface area contributed by atoms with Crippen LogP contribution in [0.1, 0.15) is 199 Å². The predicted molar refractivity (Wildman–Crippen MR) is 205 cm³/mol. The van der Waals surface area contributed by atoms with Crippen molar-refractivity contribution in [2.24, 2.45) is 0 Å². The van der Waals surface area contributed by atoms with Crippen molar-refractivity contribution in [1.29, 1.82) is 0 Å². The molecule has 1 atom stereocenters. The van der Waals surface area contributed by atoms with Crippen LogP contribution in [0.25, 0.3) is 0 Å². The van der Waals surface area contributed by atoms with Gasteiger partial charge < -0.3 is 9.47 Å². The number of hydrogen-bond donors (Lipinski definition) is 0. The van der Waals surface area contributed by atoms with E-state index in [-0.39, 0.29) is 12.1 Å². The lowest BCUT2D eigenvalue weighted by atomic mass is 9.99. The van der Waals surface area contributed by atoms with Crippen molar-refractivity contribution < 1.29 is 14.3 Å². The molecular weight excluding hydrogens is 585 g/mol. The van der Waals surface area contributed by atoms with Crippen LogP contribution >= 0.6 is 11.8 Å². The first-order chi connectivity index (χ1) is 22.6. The van der Waals surface area contributed by atoms with Crippen molar-refractivity contribution >= 4 is 17.7 Å². The maximum Gasteiger partial charge on any atom is 0.306 e. The van der Waals surface area contributed by atoms with Crippen molar-refractivity contribution in [3.63, 3.8) is 0 Å². The zero-order valence-electron chi connectivity index (χ0n) is 31.2. The average Bonchev–Trinajstić information content (AvgIpc) is 3.06. The zero-order chi connectivity index (χ0) is 33.3. The van der Waals surface area contributed by atoms with Crippen LogP contribution < -0.4 is 4.74 Å². The van der Waals surface area contributed by atoms with Crippen molar-refractivity contribution in [3.8, 4) is 5.75 Å². The molecular formula is C42H76O3S. The van der Waals surface area contributed by atoms with E-state index in [9.17, 15) is 4.79 Å². The average molecular weight is 661 g/mol. The van der Waals surface area contributed by atoms with Crippen LogP contribution in [0.3, 0.4) is 0 Å². The summed E-state index contributed by atoms with van der Waals surface area (Å²) >= 11 is 1.89. The normalized spacial score (nSPS) is 12.0. The topological polar surface area (TPSA) is 35.5 Å². The second kappa shape index (κ2) is 32.4. The molecule has 0 spiro atoms. The minimum Gasteiger partial charge on any atom is -0.487 e. The number of thioether (sulfide) groups is 1. The maximum atomic E-state index is 12.4. The Kier molecular flexibility index (Phi) is 30.2. The number of ether oxygens (including phenoxy) is 2. The molecule has 0 heterocycles. The van der Waals surface area contributed by atoms with Gasteiger partial charge >= 0.3 is 5.97 Å². The Morgan fingerprint density at radius 2 is 1.09 bits per heavy atom. The van der Waals surface area contributed by atoms with E-state index in [0.29, 0.717) is 13.0 Å². The quantitative estimate of drug-likeness (QED) is 0.0544. The molecule has 0 aliphatic carbocycles. The Morgan fingerprint density at radius 3 is 1.63 bits per heavy atom. The van der Waals surface area contributed by atoms with E-state index in [4.69, 9.17) is 9.47 Å². The minimum absolute atomic E-state index is 0.0978. The van der Waals surface area contributed by atoms with Gasteiger partial charge in [0.1, 0.15) is 18.5 Å². The molecule has 0 fully saturated rings. The van der Waals surface area contributed by atoms with E-state index in [2.05, 4.69) is 39.0 Å². The molecule has 0 aliphatic heterocycles. The number of rotatable bonds is 34. The van der Waals surface area contributed by atoms with E-state index in [1.165, 1.54) is 165 Å². The van der Waals surface area contributed by atoms with Crippen molar-refractivity contribution in [2.45, 2.75) is 207 Å². The monoisotopic (exact) mass is 661 g/mol. The number of esters is 1. The number of unbranched alkanes of at least 4 members (excludes halogenated alkanes) is 21. The number of carbonyl (C=O) groups is 1. The molecule has 0 radical (unpaired) electrons. The molecule has 1 aromatic carbocycles. The van der Waals surface area contributed by atoms with E-state index >= 15 is 0 Å². The second-order valence-corrected chi connectivity index (χ2v) is 15.1. The summed E-state index contributed by atoms with van der Waals surface area (Å²) in [5.74, 6) is 2.89. The van der Waals surface area contributed by atoms with Crippen LogP contribution in [0.15, 0.2) is 18.2 Å². The van der Waals surface area contributed by atoms with Gasteiger partial charge in [-0.25, -0.2) is 0 Å². The van der Waals surface area contributed by atoms with Gasteiger partial charge in [0.15, 0.2) is 0 Å². The van der Waals surface area contributed by atoms with Gasteiger partial charge in [0.2, 0.25) is 0 Å². The fourth-order valence-electron chi connectivity index (χ4n) is 6.14. The largest absolute Gasteiger partial charge is 0.487 e. The first kappa shape index (κ1) is 42.9. The van der Waals surface area contributed by atoms with Gasteiger partial charge in [-0.3, -0.25) is 4.79 Å². The summed E-state index contributed by atoms with van der Waals surface area (Å²) in [4.78, 5) is 12.4. The number of carbonyl (C=O) groups excluding carboxylic acids is 1. The molecule has 268 valence electrons. The van der Waals surface area contributed by atoms with Gasteiger partial charge in [0, 0.05) is 5.75 Å². The lowest BCUT2D eigenvalue weighted by Crippen LogP contribution is -2.22. The SMILES string of the molecule is CCCCCCCCCCCCSCCC(=O)OCC(C)Oc1ccc(CCCCCCCCC)cc1CCCCCCCCC. The summed E-state index contributed by atoms with van der Waals surface area (Å²) < 4.78 is 12.0. The van der Waals surface area contributed by atoms with Crippen molar-refractivity contribution in [2.75, 3.05) is 18.1 Å². The number of benzene rings is 1. The predicted octanol–water partition coefficient (Wildman–Crippen LogP) is 13.6. The highest BCUT2D eigenvalue weighted by Crippen LogP contribution is 2.25. The molecule has 3 nitrogen and oxygen atoms in total. The van der Waals surface area contributed by atoms with Crippen LogP contribution in [0.2, 0.25) is 0 Å². The van der Waals surface area contributed by atoms with E-state index in [0.717, 1.165) is 30.1 Å².